The molecule has 0 unspecified atom stereocenters. The zero-order valence-electron chi connectivity index (χ0n) is 9.43. The van der Waals surface area contributed by atoms with E-state index < -0.39 is 0 Å². The average Bonchev–Trinajstić information content (AvgIpc) is 2.58. The second kappa shape index (κ2) is 3.74. The molecule has 2 rings (SSSR count). The van der Waals surface area contributed by atoms with Gasteiger partial charge in [0.15, 0.2) is 0 Å². The van der Waals surface area contributed by atoms with E-state index in [2.05, 4.69) is 37.8 Å². The van der Waals surface area contributed by atoms with Crippen molar-refractivity contribution in [1.82, 2.24) is 4.90 Å². The van der Waals surface area contributed by atoms with Crippen molar-refractivity contribution in [1.29, 1.82) is 0 Å². The highest BCUT2D eigenvalue weighted by molar-refractivity contribution is 5.39. The molecule has 1 aromatic carbocycles. The molecule has 0 amide bonds. The lowest BCUT2D eigenvalue weighted by atomic mass is 9.99. The van der Waals surface area contributed by atoms with Gasteiger partial charge in [0.1, 0.15) is 0 Å². The van der Waals surface area contributed by atoms with Gasteiger partial charge in [0.05, 0.1) is 0 Å². The molecule has 0 N–H and O–H groups in total. The molecule has 0 fully saturated rings. The van der Waals surface area contributed by atoms with Gasteiger partial charge in [-0.15, -0.1) is 0 Å². The summed E-state index contributed by atoms with van der Waals surface area (Å²) < 4.78 is 0. The summed E-state index contributed by atoms with van der Waals surface area (Å²) in [5.74, 6) is 0. The van der Waals surface area contributed by atoms with Crippen LogP contribution in [0.2, 0.25) is 0 Å². The first-order valence-corrected chi connectivity index (χ1v) is 5.58. The van der Waals surface area contributed by atoms with Crippen molar-refractivity contribution in [3.8, 4) is 0 Å². The van der Waals surface area contributed by atoms with E-state index in [1.165, 1.54) is 11.1 Å². The minimum Gasteiger partial charge on any atom is -0.295 e. The zero-order valence-corrected chi connectivity index (χ0v) is 9.43. The molecule has 14 heavy (non-hydrogen) atoms. The van der Waals surface area contributed by atoms with Crippen molar-refractivity contribution < 1.29 is 0 Å². The molecule has 0 bridgehead atoms. The Kier molecular flexibility index (Phi) is 2.60. The van der Waals surface area contributed by atoms with Crippen molar-refractivity contribution in [2.75, 3.05) is 6.54 Å². The zero-order chi connectivity index (χ0) is 10.1. The second-order valence-electron chi connectivity index (χ2n) is 4.20. The van der Waals surface area contributed by atoms with Gasteiger partial charge in [-0.2, -0.15) is 0 Å². The Morgan fingerprint density at radius 1 is 1.14 bits per heavy atom. The lowest BCUT2D eigenvalue weighted by Crippen LogP contribution is -2.14. The molecule has 0 atom stereocenters. The predicted molar refractivity (Wildman–Crippen MR) is 60.3 cm³/mol. The third-order valence-electron chi connectivity index (χ3n) is 3.27. The van der Waals surface area contributed by atoms with Crippen LogP contribution in [0.25, 0.3) is 0 Å². The molecule has 1 heteroatoms. The molecule has 1 aromatic rings. The second-order valence-corrected chi connectivity index (χ2v) is 4.20. The maximum atomic E-state index is 2.49. The van der Waals surface area contributed by atoms with E-state index in [9.17, 15) is 0 Å². The Labute approximate surface area is 86.7 Å². The summed E-state index contributed by atoms with van der Waals surface area (Å²) in [5.41, 5.74) is 6.07. The third kappa shape index (κ3) is 1.57. The van der Waals surface area contributed by atoms with E-state index in [0.717, 1.165) is 26.1 Å². The van der Waals surface area contributed by atoms with Crippen molar-refractivity contribution >= 4 is 0 Å². The van der Waals surface area contributed by atoms with Gasteiger partial charge < -0.3 is 0 Å². The van der Waals surface area contributed by atoms with E-state index in [0.29, 0.717) is 0 Å². The summed E-state index contributed by atoms with van der Waals surface area (Å²) in [6.07, 6.45) is 1.16. The number of rotatable bonds is 2. The van der Waals surface area contributed by atoms with Crippen molar-refractivity contribution in [3.63, 3.8) is 0 Å². The van der Waals surface area contributed by atoms with Crippen molar-refractivity contribution in [3.05, 3.63) is 34.4 Å². The van der Waals surface area contributed by atoms with Gasteiger partial charge in [0.25, 0.3) is 0 Å². The largest absolute Gasteiger partial charge is 0.295 e. The molecule has 0 saturated carbocycles. The van der Waals surface area contributed by atoms with Gasteiger partial charge in [-0.3, -0.25) is 4.90 Å². The number of aryl methyl sites for hydroxylation is 2. The first kappa shape index (κ1) is 9.72. The van der Waals surface area contributed by atoms with E-state index >= 15 is 0 Å². The Hall–Kier alpha value is -0.820. The molecule has 0 spiro atoms. The summed E-state index contributed by atoms with van der Waals surface area (Å²) >= 11 is 0. The molecule has 1 aliphatic heterocycles. The van der Waals surface area contributed by atoms with E-state index in [1.54, 1.807) is 11.1 Å². The fourth-order valence-corrected chi connectivity index (χ4v) is 2.30. The summed E-state index contributed by atoms with van der Waals surface area (Å²) in [7, 11) is 0. The molecule has 1 heterocycles. The summed E-state index contributed by atoms with van der Waals surface area (Å²) in [6.45, 7) is 10.2. The number of hydrogen-bond acceptors (Lipinski definition) is 1. The molecule has 0 radical (unpaired) electrons. The van der Waals surface area contributed by atoms with Crippen LogP contribution in [0.3, 0.4) is 0 Å². The van der Waals surface area contributed by atoms with Crippen molar-refractivity contribution in [2.24, 2.45) is 0 Å². The van der Waals surface area contributed by atoms with Crippen LogP contribution in [-0.2, 0) is 19.5 Å². The predicted octanol–water partition coefficient (Wildman–Crippen LogP) is 2.89. The van der Waals surface area contributed by atoms with Crippen LogP contribution in [0.4, 0.5) is 0 Å². The highest BCUT2D eigenvalue weighted by Crippen LogP contribution is 2.25. The fraction of sp³-hybridized carbons (Fsp3) is 0.538. The monoisotopic (exact) mass is 189 g/mol. The van der Waals surface area contributed by atoms with Crippen LogP contribution >= 0.6 is 0 Å². The maximum absolute atomic E-state index is 2.49. The normalized spacial score (nSPS) is 15.9. The molecular weight excluding hydrogens is 170 g/mol. The maximum Gasteiger partial charge on any atom is 0.0240 e. The van der Waals surface area contributed by atoms with Gasteiger partial charge >= 0.3 is 0 Å². The van der Waals surface area contributed by atoms with Gasteiger partial charge in [-0.1, -0.05) is 26.0 Å². The molecule has 76 valence electrons. The molecule has 1 aliphatic rings. The number of fused-ring (bicyclic) bond motifs is 1. The van der Waals surface area contributed by atoms with E-state index in [1.807, 2.05) is 0 Å². The Morgan fingerprint density at radius 3 is 2.36 bits per heavy atom. The number of benzene rings is 1. The topological polar surface area (TPSA) is 3.24 Å². The fourth-order valence-electron chi connectivity index (χ4n) is 2.30. The van der Waals surface area contributed by atoms with Crippen LogP contribution < -0.4 is 0 Å². The third-order valence-corrected chi connectivity index (χ3v) is 3.27. The van der Waals surface area contributed by atoms with E-state index in [-0.39, 0.29) is 0 Å². The first-order valence-electron chi connectivity index (χ1n) is 5.58. The standard InChI is InChI=1S/C13H19N/c1-4-11-7-13-9-14(5-2)8-12(13)6-10(11)3/h6-7H,4-5,8-9H2,1-3H3. The quantitative estimate of drug-likeness (QED) is 0.691. The summed E-state index contributed by atoms with van der Waals surface area (Å²) in [6, 6.07) is 4.78. The van der Waals surface area contributed by atoms with Crippen LogP contribution in [0.1, 0.15) is 36.1 Å². The Bertz CT molecular complexity index is 341. The average molecular weight is 189 g/mol. The Balaban J connectivity index is 2.34. The first-order chi connectivity index (χ1) is 6.74. The molecular formula is C13H19N. The molecule has 0 aromatic heterocycles. The highest BCUT2D eigenvalue weighted by Gasteiger charge is 2.18. The van der Waals surface area contributed by atoms with Crippen LogP contribution in [0.5, 0.6) is 0 Å². The smallest absolute Gasteiger partial charge is 0.0240 e. The molecule has 0 aliphatic carbocycles. The van der Waals surface area contributed by atoms with Crippen LogP contribution in [0.15, 0.2) is 12.1 Å². The summed E-state index contributed by atoms with van der Waals surface area (Å²) in [5, 5.41) is 0. The molecule has 1 nitrogen and oxygen atoms in total. The molecule has 0 saturated heterocycles. The van der Waals surface area contributed by atoms with Gasteiger partial charge in [-0.25, -0.2) is 0 Å². The van der Waals surface area contributed by atoms with Crippen LogP contribution in [0, 0.1) is 6.92 Å². The van der Waals surface area contributed by atoms with Crippen LogP contribution in [-0.4, -0.2) is 11.4 Å². The highest BCUT2D eigenvalue weighted by atomic mass is 15.1. The number of hydrogen-bond donors (Lipinski definition) is 0. The van der Waals surface area contributed by atoms with Gasteiger partial charge in [0, 0.05) is 13.1 Å². The van der Waals surface area contributed by atoms with Crippen molar-refractivity contribution in [2.45, 2.75) is 40.3 Å². The summed E-state index contributed by atoms with van der Waals surface area (Å²) in [4.78, 5) is 2.49. The number of nitrogens with zero attached hydrogens (tertiary/aromatic N) is 1. The van der Waals surface area contributed by atoms with E-state index in [4.69, 9.17) is 0 Å². The minimum absolute atomic E-state index is 1.15. The minimum atomic E-state index is 1.15. The van der Waals surface area contributed by atoms with Gasteiger partial charge in [-0.05, 0) is 42.1 Å². The van der Waals surface area contributed by atoms with Gasteiger partial charge in [0.2, 0.25) is 0 Å². The lowest BCUT2D eigenvalue weighted by molar-refractivity contribution is 0.301. The Morgan fingerprint density at radius 2 is 1.79 bits per heavy atom. The SMILES string of the molecule is CCc1cc2c(cc1C)CN(CC)C2. The lowest BCUT2D eigenvalue weighted by Gasteiger charge is -2.09.